The molecule has 2 amide bonds. The fourth-order valence-corrected chi connectivity index (χ4v) is 7.33. The highest BCUT2D eigenvalue weighted by Gasteiger charge is 2.43. The normalized spacial score (nSPS) is 14.9. The Kier molecular flexibility index (Phi) is 12.6. The summed E-state index contributed by atoms with van der Waals surface area (Å²) in [5.41, 5.74) is 4.49. The Labute approximate surface area is 334 Å². The molecule has 1 aromatic heterocycles. The van der Waals surface area contributed by atoms with Gasteiger partial charge in [0.25, 0.3) is 11.0 Å². The lowest BCUT2D eigenvalue weighted by molar-refractivity contribution is -0.763. The zero-order valence-electron chi connectivity index (χ0n) is 32.1. The monoisotopic (exact) mass is 804 g/mol. The van der Waals surface area contributed by atoms with Crippen LogP contribution < -0.4 is 14.2 Å². The van der Waals surface area contributed by atoms with Crippen molar-refractivity contribution >= 4 is 29.2 Å². The van der Waals surface area contributed by atoms with E-state index in [1.807, 2.05) is 56.0 Å². The summed E-state index contributed by atoms with van der Waals surface area (Å²) in [6, 6.07) is 17.9. The predicted molar refractivity (Wildman–Crippen MR) is 207 cm³/mol. The zero-order chi connectivity index (χ0) is 40.9. The molecular weight excluding hydrogens is 762 g/mol. The number of aromatic nitrogens is 1. The van der Waals surface area contributed by atoms with Gasteiger partial charge in [-0.25, -0.2) is 18.6 Å². The van der Waals surface area contributed by atoms with E-state index in [1.54, 1.807) is 31.5 Å². The first kappa shape index (κ1) is 40.9. The third-order valence-corrected chi connectivity index (χ3v) is 10.4. The van der Waals surface area contributed by atoms with E-state index in [-0.39, 0.29) is 49.8 Å². The zero-order valence-corrected chi connectivity index (χ0v) is 32.8. The molecule has 6 rings (SSSR count). The van der Waals surface area contributed by atoms with Gasteiger partial charge in [-0.15, -0.1) is 10.1 Å². The number of benzene rings is 3. The minimum Gasteiger partial charge on any atom is -0.489 e. The first-order valence-corrected chi connectivity index (χ1v) is 18.8. The lowest BCUT2D eigenvalue weighted by Crippen LogP contribution is -2.49. The van der Waals surface area contributed by atoms with Gasteiger partial charge < -0.3 is 28.8 Å². The van der Waals surface area contributed by atoms with E-state index in [2.05, 4.69) is 9.82 Å². The number of nitrogens with zero attached hydrogens (tertiary/aromatic N) is 4. The van der Waals surface area contributed by atoms with Gasteiger partial charge >= 0.3 is 6.09 Å². The molecule has 2 heterocycles. The van der Waals surface area contributed by atoms with Gasteiger partial charge in [-0.3, -0.25) is 4.79 Å². The summed E-state index contributed by atoms with van der Waals surface area (Å²) in [6.45, 7) is 6.19. The second kappa shape index (κ2) is 17.6. The van der Waals surface area contributed by atoms with Crippen molar-refractivity contribution in [2.75, 3.05) is 26.8 Å². The number of methoxy groups -OCH3 is 1. The lowest BCUT2D eigenvalue weighted by atomic mass is 9.74. The molecule has 0 N–H and O–H groups in total. The fraction of sp³-hybridized carbons (Fsp3) is 0.357. The summed E-state index contributed by atoms with van der Waals surface area (Å²) in [5.74, 6) is -1.36. The largest absolute Gasteiger partial charge is 0.489 e. The van der Waals surface area contributed by atoms with E-state index < -0.39 is 33.3 Å². The first-order chi connectivity index (χ1) is 27.2. The highest BCUT2D eigenvalue weighted by molar-refractivity contribution is 6.32. The van der Waals surface area contributed by atoms with Gasteiger partial charge in [0.2, 0.25) is 5.88 Å². The topological polar surface area (TPSA) is 134 Å². The molecule has 1 aliphatic carbocycles. The molecule has 12 nitrogen and oxygen atoms in total. The van der Waals surface area contributed by atoms with E-state index in [0.29, 0.717) is 36.4 Å². The van der Waals surface area contributed by atoms with Crippen molar-refractivity contribution in [2.45, 2.75) is 65.6 Å². The maximum Gasteiger partial charge on any atom is 0.415 e. The maximum absolute atomic E-state index is 14.9. The van der Waals surface area contributed by atoms with E-state index in [1.165, 1.54) is 11.0 Å². The molecule has 0 spiro atoms. The molecule has 300 valence electrons. The first-order valence-electron chi connectivity index (χ1n) is 18.5. The summed E-state index contributed by atoms with van der Waals surface area (Å²) < 4.78 is 44.7. The summed E-state index contributed by atoms with van der Waals surface area (Å²) in [6.07, 6.45) is 3.75. The number of rotatable bonds is 15. The molecule has 1 fully saturated rings. The second-order valence-corrected chi connectivity index (χ2v) is 15.1. The Morgan fingerprint density at radius 3 is 2.49 bits per heavy atom. The molecule has 0 atom stereocenters. The molecule has 4 aromatic rings. The number of amides is 2. The van der Waals surface area contributed by atoms with Gasteiger partial charge in [0.1, 0.15) is 23.2 Å². The van der Waals surface area contributed by atoms with E-state index in [4.69, 9.17) is 25.8 Å². The van der Waals surface area contributed by atoms with Crippen LogP contribution in [0.3, 0.4) is 0 Å². The van der Waals surface area contributed by atoms with Gasteiger partial charge in [0.15, 0.2) is 11.6 Å². The Morgan fingerprint density at radius 2 is 1.79 bits per heavy atom. The molecule has 0 unspecified atom stereocenters. The summed E-state index contributed by atoms with van der Waals surface area (Å²) in [5, 5.41) is 9.43. The molecule has 0 saturated heterocycles. The maximum atomic E-state index is 14.9. The van der Waals surface area contributed by atoms with Crippen molar-refractivity contribution in [3.05, 3.63) is 133 Å². The van der Waals surface area contributed by atoms with Crippen LogP contribution in [-0.2, 0) is 29.2 Å². The van der Waals surface area contributed by atoms with Crippen molar-refractivity contribution in [1.29, 1.82) is 0 Å². The van der Waals surface area contributed by atoms with E-state index >= 15 is 0 Å². The quantitative estimate of drug-likeness (QED) is 0.0502. The van der Waals surface area contributed by atoms with Gasteiger partial charge in [-0.05, 0) is 90.8 Å². The SMILES string of the molecule is COc1nccc(CN(C(=O)C2=C(c3ccc(CCCOc4c(F)ccc(F)c4Cl)cc3)C(C)(C)CN(C(=O)Oc3cccc(CO[N+](=O)[O-])c3)C2)C2CC2)c1C. The second-order valence-electron chi connectivity index (χ2n) is 14.7. The molecule has 1 aliphatic heterocycles. The van der Waals surface area contributed by atoms with Crippen LogP contribution in [-0.4, -0.2) is 64.7 Å². The summed E-state index contributed by atoms with van der Waals surface area (Å²) >= 11 is 5.90. The van der Waals surface area contributed by atoms with Crippen molar-refractivity contribution in [1.82, 2.24) is 14.8 Å². The van der Waals surface area contributed by atoms with E-state index in [0.717, 1.165) is 52.8 Å². The van der Waals surface area contributed by atoms with Crippen LogP contribution >= 0.6 is 11.6 Å². The molecule has 15 heteroatoms. The highest BCUT2D eigenvalue weighted by atomic mass is 35.5. The van der Waals surface area contributed by atoms with Crippen LogP contribution in [0.1, 0.15) is 60.9 Å². The number of pyridine rings is 1. The van der Waals surface area contributed by atoms with E-state index in [9.17, 15) is 28.5 Å². The van der Waals surface area contributed by atoms with Gasteiger partial charge in [0, 0.05) is 41.9 Å². The molecular formula is C42H43ClF2N4O8. The predicted octanol–water partition coefficient (Wildman–Crippen LogP) is 8.54. The van der Waals surface area contributed by atoms with Crippen molar-refractivity contribution in [2.24, 2.45) is 5.41 Å². The van der Waals surface area contributed by atoms with Crippen LogP contribution in [0.5, 0.6) is 17.4 Å². The fourth-order valence-electron chi connectivity index (χ4n) is 7.12. The number of hydrogen-bond acceptors (Lipinski definition) is 9. The summed E-state index contributed by atoms with van der Waals surface area (Å²) in [4.78, 5) is 51.6. The van der Waals surface area contributed by atoms with Gasteiger partial charge in [-0.2, -0.15) is 0 Å². The molecule has 3 aromatic carbocycles. The molecule has 1 saturated carbocycles. The molecule has 0 radical (unpaired) electrons. The number of hydrogen-bond donors (Lipinski definition) is 0. The molecule has 2 aliphatic rings. The highest BCUT2D eigenvalue weighted by Crippen LogP contribution is 2.44. The minimum atomic E-state index is -0.895. The number of carbonyl (C=O) groups excluding carboxylic acids is 2. The average molecular weight is 805 g/mol. The Balaban J connectivity index is 1.27. The minimum absolute atomic E-state index is 0.0136. The van der Waals surface area contributed by atoms with Crippen molar-refractivity contribution < 1.29 is 42.5 Å². The van der Waals surface area contributed by atoms with Crippen LogP contribution in [0.4, 0.5) is 13.6 Å². The molecule has 57 heavy (non-hydrogen) atoms. The van der Waals surface area contributed by atoms with Crippen LogP contribution in [0.2, 0.25) is 5.02 Å². The standard InChI is InChI=1S/C42H43ClF2N4O8/c1-26-30(18-19-46-39(26)54-4)22-48(31-14-15-31)40(50)33-23-47(41(51)57-32-9-5-7-28(21-32)24-56-49(52)53)25-42(2,3)36(33)29-12-10-27(11-13-29)8-6-20-55-38-35(45)17-16-34(44)37(38)43/h5,7,9-13,16-19,21,31H,6,8,14-15,20,22-25H2,1-4H3. The Hall–Kier alpha value is -5.76. The van der Waals surface area contributed by atoms with Crippen LogP contribution in [0, 0.1) is 34.1 Å². The van der Waals surface area contributed by atoms with Crippen molar-refractivity contribution in [3.8, 4) is 17.4 Å². The van der Waals surface area contributed by atoms with Crippen LogP contribution in [0.25, 0.3) is 5.57 Å². The van der Waals surface area contributed by atoms with Crippen molar-refractivity contribution in [3.63, 3.8) is 0 Å². The summed E-state index contributed by atoms with van der Waals surface area (Å²) in [7, 11) is 1.55. The third kappa shape index (κ3) is 9.80. The smallest absolute Gasteiger partial charge is 0.415 e. The van der Waals surface area contributed by atoms with Crippen LogP contribution in [0.15, 0.2) is 78.5 Å². The Morgan fingerprint density at radius 1 is 1.05 bits per heavy atom. The number of ether oxygens (including phenoxy) is 3. The average Bonchev–Trinajstić information content (AvgIpc) is 4.03. The number of halogens is 3. The Bertz CT molecular complexity index is 2180. The third-order valence-electron chi connectivity index (χ3n) is 10.0. The van der Waals surface area contributed by atoms with Gasteiger partial charge in [-0.1, -0.05) is 61.8 Å². The number of carbonyl (C=O) groups is 2. The molecule has 0 bridgehead atoms. The van der Waals surface area contributed by atoms with Gasteiger partial charge in [0.05, 0.1) is 20.3 Å². The number of aryl methyl sites for hydroxylation is 1. The lowest BCUT2D eigenvalue weighted by Gasteiger charge is -2.42.